The van der Waals surface area contributed by atoms with Crippen molar-refractivity contribution < 1.29 is 33.3 Å². The average Bonchev–Trinajstić information content (AvgIpc) is 2.96. The summed E-state index contributed by atoms with van der Waals surface area (Å²) in [6.07, 6.45) is 2.97. The Morgan fingerprint density at radius 3 is 1.70 bits per heavy atom. The third-order valence-corrected chi connectivity index (χ3v) is 6.76. The van der Waals surface area contributed by atoms with Gasteiger partial charge >= 0.3 is 11.9 Å². The van der Waals surface area contributed by atoms with E-state index in [1.807, 2.05) is 74.5 Å². The van der Waals surface area contributed by atoms with Crippen LogP contribution in [0.25, 0.3) is 21.5 Å². The minimum atomic E-state index is -0.318. The van der Waals surface area contributed by atoms with Gasteiger partial charge in [-0.25, -0.2) is 9.59 Å². The summed E-state index contributed by atoms with van der Waals surface area (Å²) in [5.41, 5.74) is 2.99. The zero-order valence-corrected chi connectivity index (χ0v) is 23.0. The van der Waals surface area contributed by atoms with E-state index in [0.29, 0.717) is 11.1 Å². The van der Waals surface area contributed by atoms with Crippen molar-refractivity contribution in [2.75, 3.05) is 27.9 Å². The molecule has 40 heavy (non-hydrogen) atoms. The quantitative estimate of drug-likeness (QED) is 0.241. The first-order chi connectivity index (χ1) is 18.8. The van der Waals surface area contributed by atoms with Crippen LogP contribution in [0, 0.1) is 13.8 Å². The van der Waals surface area contributed by atoms with Crippen molar-refractivity contribution in [2.45, 2.75) is 46.8 Å². The van der Waals surface area contributed by atoms with Crippen LogP contribution in [0.1, 0.15) is 58.5 Å². The summed E-state index contributed by atoms with van der Waals surface area (Å²) >= 11 is 0. The summed E-state index contributed by atoms with van der Waals surface area (Å²) in [6.45, 7) is 4.56. The van der Waals surface area contributed by atoms with Crippen LogP contribution in [0.2, 0.25) is 0 Å². The maximum Gasteiger partial charge on any atom is 0.338 e. The Hall–Kier alpha value is -4.10. The molecule has 0 spiro atoms. The molecule has 4 aromatic carbocycles. The van der Waals surface area contributed by atoms with E-state index < -0.39 is 0 Å². The first kappa shape index (κ1) is 30.4. The maximum atomic E-state index is 11.8. The van der Waals surface area contributed by atoms with Gasteiger partial charge in [0.1, 0.15) is 11.5 Å². The molecule has 1 aliphatic heterocycles. The maximum absolute atomic E-state index is 11.8. The van der Waals surface area contributed by atoms with E-state index in [-0.39, 0.29) is 25.7 Å². The number of carbonyl (C=O) groups excluding carboxylic acids is 2. The lowest BCUT2D eigenvalue weighted by atomic mass is 10.0. The molecule has 0 saturated carbocycles. The first-order valence-electron chi connectivity index (χ1n) is 12.9. The van der Waals surface area contributed by atoms with Gasteiger partial charge in [-0.15, -0.1) is 0 Å². The largest absolute Gasteiger partial charge is 0.497 e. The number of aryl methyl sites for hydroxylation is 2. The number of rotatable bonds is 5. The Morgan fingerprint density at radius 2 is 1.23 bits per heavy atom. The normalized spacial score (nSPS) is 14.4. The third-order valence-electron chi connectivity index (χ3n) is 6.76. The summed E-state index contributed by atoms with van der Waals surface area (Å²) < 4.78 is 26.2. The summed E-state index contributed by atoms with van der Waals surface area (Å²) in [5, 5.41) is 4.08. The molecule has 0 aromatic heterocycles. The van der Waals surface area contributed by atoms with Gasteiger partial charge in [0.05, 0.1) is 39.1 Å². The van der Waals surface area contributed by atoms with E-state index in [1.165, 1.54) is 14.2 Å². The highest BCUT2D eigenvalue weighted by atomic mass is 16.7. The number of hydrogen-bond acceptors (Lipinski definition) is 7. The average molecular weight is 547 g/mol. The topological polar surface area (TPSA) is 80.3 Å². The smallest absolute Gasteiger partial charge is 0.338 e. The minimum absolute atomic E-state index is 0. The van der Waals surface area contributed by atoms with Crippen LogP contribution in [0.4, 0.5) is 0 Å². The van der Waals surface area contributed by atoms with Crippen molar-refractivity contribution in [1.82, 2.24) is 0 Å². The number of benzene rings is 4. The molecule has 5 rings (SSSR count). The zero-order valence-electron chi connectivity index (χ0n) is 23.0. The molecule has 4 aromatic rings. The number of methoxy groups -OCH3 is 3. The highest BCUT2D eigenvalue weighted by Crippen LogP contribution is 2.27. The van der Waals surface area contributed by atoms with Gasteiger partial charge in [-0.3, -0.25) is 0 Å². The van der Waals surface area contributed by atoms with Gasteiger partial charge in [0, 0.05) is 6.42 Å². The van der Waals surface area contributed by atoms with Crippen LogP contribution in [-0.2, 0) is 14.2 Å². The Bertz CT molecular complexity index is 1490. The molecule has 212 valence electrons. The van der Waals surface area contributed by atoms with Crippen LogP contribution in [-0.4, -0.2) is 46.2 Å². The van der Waals surface area contributed by atoms with E-state index >= 15 is 0 Å². The van der Waals surface area contributed by atoms with Crippen LogP contribution in [0.3, 0.4) is 0 Å². The van der Waals surface area contributed by atoms with Gasteiger partial charge in [0.15, 0.2) is 6.29 Å². The van der Waals surface area contributed by atoms with Gasteiger partial charge in [0.2, 0.25) is 0 Å². The molecule has 0 bridgehead atoms. The summed E-state index contributed by atoms with van der Waals surface area (Å²) in [7, 11) is 4.40. The fraction of sp³-hybridized carbons (Fsp3) is 0.333. The third kappa shape index (κ3) is 7.10. The highest BCUT2D eigenvalue weighted by molar-refractivity contribution is 5.98. The van der Waals surface area contributed by atoms with E-state index in [1.54, 1.807) is 7.11 Å². The Morgan fingerprint density at radius 1 is 0.700 bits per heavy atom. The fourth-order valence-electron chi connectivity index (χ4n) is 4.60. The Labute approximate surface area is 235 Å². The van der Waals surface area contributed by atoms with Crippen molar-refractivity contribution in [3.8, 4) is 11.5 Å². The number of fused-ring (bicyclic) bond motifs is 2. The number of hydrogen-bond donors (Lipinski definition) is 0. The van der Waals surface area contributed by atoms with Gasteiger partial charge in [-0.1, -0.05) is 31.7 Å². The molecule has 7 nitrogen and oxygen atoms in total. The van der Waals surface area contributed by atoms with E-state index in [9.17, 15) is 9.59 Å². The van der Waals surface area contributed by atoms with Crippen molar-refractivity contribution >= 4 is 33.5 Å². The molecule has 1 heterocycles. The lowest BCUT2D eigenvalue weighted by molar-refractivity contribution is -0.105. The molecule has 1 saturated heterocycles. The monoisotopic (exact) mass is 546 g/mol. The van der Waals surface area contributed by atoms with Gasteiger partial charge in [-0.2, -0.15) is 0 Å². The second-order valence-electron chi connectivity index (χ2n) is 9.45. The summed E-state index contributed by atoms with van der Waals surface area (Å²) in [6, 6.07) is 19.3. The predicted octanol–water partition coefficient (Wildman–Crippen LogP) is 7.42. The molecular weight excluding hydrogens is 508 g/mol. The van der Waals surface area contributed by atoms with Crippen LogP contribution in [0.5, 0.6) is 11.5 Å². The van der Waals surface area contributed by atoms with E-state index in [0.717, 1.165) is 70.0 Å². The summed E-state index contributed by atoms with van der Waals surface area (Å²) in [4.78, 5) is 23.4. The molecule has 1 aliphatic rings. The first-order valence-corrected chi connectivity index (χ1v) is 12.9. The Balaban J connectivity index is 0.000000222. The van der Waals surface area contributed by atoms with Crippen molar-refractivity contribution in [3.63, 3.8) is 0 Å². The van der Waals surface area contributed by atoms with Crippen LogP contribution in [0.15, 0.2) is 60.7 Å². The summed E-state index contributed by atoms with van der Waals surface area (Å²) in [5.74, 6) is 0.907. The minimum Gasteiger partial charge on any atom is -0.497 e. The molecule has 1 unspecified atom stereocenters. The molecule has 1 fully saturated rings. The lowest BCUT2D eigenvalue weighted by Gasteiger charge is -2.23. The van der Waals surface area contributed by atoms with E-state index in [2.05, 4.69) is 0 Å². The SMILES string of the molecule is C.COC(=O)c1cc2cc(OC)ccc2cc1C.COC(=O)c1cc2cc(OC3CCCCO3)ccc2cc1C. The molecule has 1 atom stereocenters. The van der Waals surface area contributed by atoms with Crippen molar-refractivity contribution in [1.29, 1.82) is 0 Å². The molecule has 7 heteroatoms. The molecular formula is C33H38O7. The molecule has 0 amide bonds. The van der Waals surface area contributed by atoms with Crippen molar-refractivity contribution in [3.05, 3.63) is 82.9 Å². The lowest BCUT2D eigenvalue weighted by Crippen LogP contribution is -2.24. The molecule has 0 aliphatic carbocycles. The van der Waals surface area contributed by atoms with E-state index in [4.69, 9.17) is 23.7 Å². The number of carbonyl (C=O) groups is 2. The molecule has 0 N–H and O–H groups in total. The standard InChI is InChI=1S/C18H20O4.C14H14O3.CH4/c1-12-9-13-6-7-15(22-17-5-3-4-8-21-17)10-14(13)11-16(12)18(19)20-2;1-9-6-10-4-5-12(16-2)7-11(10)8-13(9)14(15)17-3;/h6-7,9-11,17H,3-5,8H2,1-2H3;4-8H,1-3H3;1H4. The highest BCUT2D eigenvalue weighted by Gasteiger charge is 2.16. The fourth-order valence-corrected chi connectivity index (χ4v) is 4.60. The predicted molar refractivity (Wildman–Crippen MR) is 158 cm³/mol. The Kier molecular flexibility index (Phi) is 10.5. The second-order valence-corrected chi connectivity index (χ2v) is 9.45. The van der Waals surface area contributed by atoms with Crippen LogP contribution < -0.4 is 9.47 Å². The van der Waals surface area contributed by atoms with Gasteiger partial charge in [0.25, 0.3) is 0 Å². The second kappa shape index (κ2) is 13.8. The van der Waals surface area contributed by atoms with Gasteiger partial charge in [-0.05, 0) is 95.8 Å². The zero-order chi connectivity index (χ0) is 27.9. The number of esters is 2. The number of ether oxygens (including phenoxy) is 5. The van der Waals surface area contributed by atoms with Gasteiger partial charge < -0.3 is 23.7 Å². The van der Waals surface area contributed by atoms with Crippen molar-refractivity contribution in [2.24, 2.45) is 0 Å². The molecule has 0 radical (unpaired) electrons. The van der Waals surface area contributed by atoms with Crippen LogP contribution >= 0.6 is 0 Å².